The molecule has 5 heteroatoms. The number of alkyl halides is 1. The maximum Gasteiger partial charge on any atom is 0.104 e. The molecule has 2 N–H and O–H groups in total. The van der Waals surface area contributed by atoms with E-state index in [2.05, 4.69) is 16.9 Å². The van der Waals surface area contributed by atoms with Gasteiger partial charge in [-0.15, -0.1) is 5.11 Å². The summed E-state index contributed by atoms with van der Waals surface area (Å²) in [6.45, 7) is 6.98. The molecule has 0 aliphatic heterocycles. The molecule has 0 aromatic heterocycles. The van der Waals surface area contributed by atoms with E-state index in [9.17, 15) is 4.39 Å². The minimum Gasteiger partial charge on any atom is -0.325 e. The topological polar surface area (TPSA) is 54.0 Å². The quantitative estimate of drug-likeness (QED) is 0.396. The predicted octanol–water partition coefficient (Wildman–Crippen LogP) is 3.40. The van der Waals surface area contributed by atoms with Gasteiger partial charge in [-0.25, -0.2) is 4.39 Å². The first-order valence-corrected chi connectivity index (χ1v) is 6.44. The van der Waals surface area contributed by atoms with Crippen LogP contribution in [0, 0.1) is 0 Å². The summed E-state index contributed by atoms with van der Waals surface area (Å²) in [5, 5.41) is 9.39. The summed E-state index contributed by atoms with van der Waals surface area (Å²) in [5.74, 6) is 0. The lowest BCUT2D eigenvalue weighted by Crippen LogP contribution is -2.22. The zero-order valence-electron chi connectivity index (χ0n) is 12.1. The van der Waals surface area contributed by atoms with Crippen LogP contribution in [0.5, 0.6) is 0 Å². The second kappa shape index (κ2) is 10.4. The van der Waals surface area contributed by atoms with E-state index >= 15 is 0 Å². The third-order valence-corrected chi connectivity index (χ3v) is 2.83. The Hall–Kier alpha value is -1.49. The lowest BCUT2D eigenvalue weighted by molar-refractivity contribution is 0.293. The predicted molar refractivity (Wildman–Crippen MR) is 78.4 cm³/mol. The van der Waals surface area contributed by atoms with Crippen LogP contribution in [0.4, 0.5) is 4.39 Å². The molecule has 0 radical (unpaired) electrons. The van der Waals surface area contributed by atoms with Gasteiger partial charge in [0.25, 0.3) is 0 Å². The van der Waals surface area contributed by atoms with E-state index in [0.29, 0.717) is 6.42 Å². The van der Waals surface area contributed by atoms with Crippen molar-refractivity contribution >= 4 is 0 Å². The number of rotatable bonds is 9. The molecule has 2 unspecified atom stereocenters. The Morgan fingerprint density at radius 1 is 1.53 bits per heavy atom. The van der Waals surface area contributed by atoms with Gasteiger partial charge in [0.05, 0.1) is 6.04 Å². The molecular weight excluding hydrogens is 243 g/mol. The normalized spacial score (nSPS) is 15.9. The van der Waals surface area contributed by atoms with E-state index in [1.165, 1.54) is 6.20 Å². The zero-order valence-corrected chi connectivity index (χ0v) is 12.1. The fourth-order valence-corrected chi connectivity index (χ4v) is 1.34. The van der Waals surface area contributed by atoms with Crippen LogP contribution in [0.1, 0.15) is 26.7 Å². The van der Waals surface area contributed by atoms with Crippen LogP contribution in [-0.2, 0) is 0 Å². The SMILES string of the molecule is C=C/N=N\N(C)C(C)/C=C\C(=C/C)CCC(N)CF. The van der Waals surface area contributed by atoms with Gasteiger partial charge in [0.15, 0.2) is 0 Å². The van der Waals surface area contributed by atoms with Gasteiger partial charge in [-0.1, -0.05) is 35.6 Å². The third-order valence-electron chi connectivity index (χ3n) is 2.83. The van der Waals surface area contributed by atoms with E-state index in [1.54, 1.807) is 5.01 Å². The van der Waals surface area contributed by atoms with Gasteiger partial charge < -0.3 is 5.73 Å². The van der Waals surface area contributed by atoms with Crippen LogP contribution in [0.25, 0.3) is 0 Å². The second-order valence-electron chi connectivity index (χ2n) is 4.38. The minimum atomic E-state index is -0.470. The fraction of sp³-hybridized carbons (Fsp3) is 0.571. The van der Waals surface area contributed by atoms with Gasteiger partial charge >= 0.3 is 0 Å². The van der Waals surface area contributed by atoms with Crippen LogP contribution in [-0.4, -0.2) is 30.8 Å². The Morgan fingerprint density at radius 3 is 2.74 bits per heavy atom. The number of nitrogens with zero attached hydrogens (tertiary/aromatic N) is 3. The van der Waals surface area contributed by atoms with Gasteiger partial charge in [-0.05, 0) is 26.7 Å². The average Bonchev–Trinajstić information content (AvgIpc) is 2.43. The van der Waals surface area contributed by atoms with Crippen LogP contribution >= 0.6 is 0 Å². The number of allylic oxidation sites excluding steroid dienone is 3. The zero-order chi connectivity index (χ0) is 14.7. The molecule has 0 rings (SSSR count). The molecule has 0 aromatic rings. The molecule has 0 amide bonds. The van der Waals surface area contributed by atoms with Crippen LogP contribution in [0.3, 0.4) is 0 Å². The van der Waals surface area contributed by atoms with Crippen molar-refractivity contribution < 1.29 is 4.39 Å². The van der Waals surface area contributed by atoms with Crippen molar-refractivity contribution in [1.82, 2.24) is 5.01 Å². The van der Waals surface area contributed by atoms with Crippen molar-refractivity contribution in [2.75, 3.05) is 13.7 Å². The maximum absolute atomic E-state index is 12.3. The Balaban J connectivity index is 4.33. The van der Waals surface area contributed by atoms with Crippen molar-refractivity contribution in [1.29, 1.82) is 0 Å². The molecule has 2 atom stereocenters. The van der Waals surface area contributed by atoms with Crippen molar-refractivity contribution in [3.05, 3.63) is 36.6 Å². The molecule has 0 aliphatic rings. The lowest BCUT2D eigenvalue weighted by Gasteiger charge is -2.16. The summed E-state index contributed by atoms with van der Waals surface area (Å²) in [5.41, 5.74) is 6.71. The number of hydrogen-bond acceptors (Lipinski definition) is 3. The molecule has 108 valence electrons. The van der Waals surface area contributed by atoms with E-state index in [0.717, 1.165) is 12.0 Å². The molecule has 4 nitrogen and oxygen atoms in total. The number of hydrogen-bond donors (Lipinski definition) is 1. The van der Waals surface area contributed by atoms with Crippen LogP contribution < -0.4 is 5.73 Å². The molecule has 0 aliphatic carbocycles. The highest BCUT2D eigenvalue weighted by molar-refractivity contribution is 5.19. The Labute approximate surface area is 115 Å². The molecule has 0 aromatic carbocycles. The van der Waals surface area contributed by atoms with Gasteiger partial charge in [0.2, 0.25) is 0 Å². The lowest BCUT2D eigenvalue weighted by atomic mass is 10.1. The van der Waals surface area contributed by atoms with Gasteiger partial charge in [-0.3, -0.25) is 5.01 Å². The largest absolute Gasteiger partial charge is 0.325 e. The smallest absolute Gasteiger partial charge is 0.104 e. The molecule has 0 saturated heterocycles. The van der Waals surface area contributed by atoms with Gasteiger partial charge in [0.1, 0.15) is 6.67 Å². The summed E-state index contributed by atoms with van der Waals surface area (Å²) in [6.07, 6.45) is 8.89. The van der Waals surface area contributed by atoms with Crippen LogP contribution in [0.2, 0.25) is 0 Å². The summed E-state index contributed by atoms with van der Waals surface area (Å²) in [4.78, 5) is 0. The Kier molecular flexibility index (Phi) is 9.62. The maximum atomic E-state index is 12.3. The highest BCUT2D eigenvalue weighted by atomic mass is 19.1. The van der Waals surface area contributed by atoms with Crippen molar-refractivity contribution in [3.8, 4) is 0 Å². The standard InChI is InChI=1S/C14H25FN4/c1-5-13(9-10-14(16)11-15)8-7-12(3)19(4)18-17-6-2/h5-8,12,14H,2,9-11,16H2,1,3-4H3/b8-7-,13-5+,18-17-. The van der Waals surface area contributed by atoms with Gasteiger partial charge in [-0.2, -0.15) is 0 Å². The van der Waals surface area contributed by atoms with Crippen molar-refractivity contribution in [2.24, 2.45) is 16.1 Å². The molecule has 0 fully saturated rings. The Morgan fingerprint density at radius 2 is 2.21 bits per heavy atom. The van der Waals surface area contributed by atoms with E-state index in [-0.39, 0.29) is 12.1 Å². The number of likely N-dealkylation sites (N-methyl/N-ethyl adjacent to an activating group) is 1. The summed E-state index contributed by atoms with van der Waals surface area (Å²) < 4.78 is 12.3. The molecule has 0 spiro atoms. The summed E-state index contributed by atoms with van der Waals surface area (Å²) in [7, 11) is 1.84. The Bertz CT molecular complexity index is 336. The minimum absolute atomic E-state index is 0.119. The highest BCUT2D eigenvalue weighted by Gasteiger charge is 2.04. The first-order chi connectivity index (χ1) is 9.04. The molecule has 0 heterocycles. The van der Waals surface area contributed by atoms with E-state index < -0.39 is 6.67 Å². The second-order valence-corrected chi connectivity index (χ2v) is 4.38. The molecular formula is C14H25FN4. The van der Waals surface area contributed by atoms with Gasteiger partial charge in [0, 0.05) is 19.3 Å². The van der Waals surface area contributed by atoms with E-state index in [1.807, 2.05) is 39.1 Å². The van der Waals surface area contributed by atoms with Crippen molar-refractivity contribution in [2.45, 2.75) is 38.8 Å². The average molecular weight is 268 g/mol. The van der Waals surface area contributed by atoms with Crippen molar-refractivity contribution in [3.63, 3.8) is 0 Å². The molecule has 0 bridgehead atoms. The third kappa shape index (κ3) is 8.26. The first kappa shape index (κ1) is 17.5. The molecule has 0 saturated carbocycles. The number of nitrogens with two attached hydrogens (primary N) is 1. The summed E-state index contributed by atoms with van der Waals surface area (Å²) >= 11 is 0. The number of halogens is 1. The highest BCUT2D eigenvalue weighted by Crippen LogP contribution is 2.10. The monoisotopic (exact) mass is 268 g/mol. The first-order valence-electron chi connectivity index (χ1n) is 6.44. The van der Waals surface area contributed by atoms with E-state index in [4.69, 9.17) is 5.73 Å². The fourth-order valence-electron chi connectivity index (χ4n) is 1.34. The molecule has 19 heavy (non-hydrogen) atoms. The van der Waals surface area contributed by atoms with Crippen LogP contribution in [0.15, 0.2) is 46.9 Å². The summed E-state index contributed by atoms with van der Waals surface area (Å²) in [6, 6.07) is -0.252.